The summed E-state index contributed by atoms with van der Waals surface area (Å²) >= 11 is 0. The Bertz CT molecular complexity index is 845. The largest absolute Gasteiger partial charge is 0.451 e. The monoisotopic (exact) mass is 341 g/mol. The minimum absolute atomic E-state index is 0.134. The zero-order chi connectivity index (χ0) is 18.7. The number of carbonyl (C=O) groups excluding carboxylic acids is 4. The number of carbonyl (C=O) groups is 4. The summed E-state index contributed by atoms with van der Waals surface area (Å²) in [5.41, 5.74) is 2.58. The number of rotatable bonds is 6. The van der Waals surface area contributed by atoms with Crippen LogP contribution in [-0.2, 0) is 4.74 Å². The number of aromatic nitrogens is 1. The van der Waals surface area contributed by atoms with Crippen molar-refractivity contribution in [1.82, 2.24) is 4.98 Å². The lowest BCUT2D eigenvalue weighted by Gasteiger charge is -2.12. The summed E-state index contributed by atoms with van der Waals surface area (Å²) < 4.78 is 5.21. The van der Waals surface area contributed by atoms with E-state index in [0.29, 0.717) is 28.7 Å². The average molecular weight is 341 g/mol. The van der Waals surface area contributed by atoms with Gasteiger partial charge in [0, 0.05) is 16.8 Å². The first-order chi connectivity index (χ1) is 11.8. The third kappa shape index (κ3) is 3.74. The molecule has 0 saturated carbocycles. The van der Waals surface area contributed by atoms with Gasteiger partial charge >= 0.3 is 5.97 Å². The van der Waals surface area contributed by atoms with Crippen LogP contribution in [0.3, 0.4) is 0 Å². The molecule has 0 amide bonds. The van der Waals surface area contributed by atoms with E-state index in [2.05, 4.69) is 4.98 Å². The summed E-state index contributed by atoms with van der Waals surface area (Å²) in [6.07, 6.45) is -0.348. The third-order valence-electron chi connectivity index (χ3n) is 3.97. The van der Waals surface area contributed by atoms with Crippen LogP contribution in [0.1, 0.15) is 66.7 Å². The SMILES string of the molecule is CC(=O)c1c(C)[nH]c(C(=O)[C@H](C)OC(=O)c2ccc(C=O)cc2)c1C. The highest BCUT2D eigenvalue weighted by molar-refractivity contribution is 6.05. The number of nitrogens with one attached hydrogen (secondary N) is 1. The summed E-state index contributed by atoms with van der Waals surface area (Å²) in [7, 11) is 0. The predicted molar refractivity (Wildman–Crippen MR) is 91.3 cm³/mol. The van der Waals surface area contributed by atoms with Gasteiger partial charge in [0.25, 0.3) is 0 Å². The van der Waals surface area contributed by atoms with Gasteiger partial charge in [-0.15, -0.1) is 0 Å². The molecule has 0 aliphatic carbocycles. The van der Waals surface area contributed by atoms with Crippen LogP contribution in [0.2, 0.25) is 0 Å². The van der Waals surface area contributed by atoms with Gasteiger partial charge in [-0.05, 0) is 45.4 Å². The van der Waals surface area contributed by atoms with Crippen molar-refractivity contribution in [3.05, 3.63) is 57.9 Å². The van der Waals surface area contributed by atoms with Gasteiger partial charge in [0.1, 0.15) is 6.29 Å². The van der Waals surface area contributed by atoms with Crippen LogP contribution >= 0.6 is 0 Å². The third-order valence-corrected chi connectivity index (χ3v) is 3.97. The molecule has 2 aromatic rings. The molecule has 0 aliphatic heterocycles. The summed E-state index contributed by atoms with van der Waals surface area (Å²) in [6, 6.07) is 5.91. The number of ketones is 2. The summed E-state index contributed by atoms with van der Waals surface area (Å²) in [5, 5.41) is 0. The molecule has 0 unspecified atom stereocenters. The van der Waals surface area contributed by atoms with Gasteiger partial charge in [0.2, 0.25) is 5.78 Å². The molecule has 0 bridgehead atoms. The van der Waals surface area contributed by atoms with Crippen LogP contribution in [0, 0.1) is 13.8 Å². The van der Waals surface area contributed by atoms with Crippen LogP contribution < -0.4 is 0 Å². The van der Waals surface area contributed by atoms with E-state index in [-0.39, 0.29) is 17.0 Å². The predicted octanol–water partition coefficient (Wildman–Crippen LogP) is 3.07. The molecule has 1 N–H and O–H groups in total. The number of aryl methyl sites for hydroxylation is 1. The molecule has 2 rings (SSSR count). The van der Waals surface area contributed by atoms with Gasteiger partial charge < -0.3 is 9.72 Å². The molecule has 1 aromatic carbocycles. The maximum absolute atomic E-state index is 12.6. The van der Waals surface area contributed by atoms with Crippen molar-refractivity contribution in [2.45, 2.75) is 33.8 Å². The molecule has 6 nitrogen and oxygen atoms in total. The topological polar surface area (TPSA) is 93.3 Å². The quantitative estimate of drug-likeness (QED) is 0.495. The summed E-state index contributed by atoms with van der Waals surface area (Å²) in [4.78, 5) is 49.9. The Morgan fingerprint density at radius 1 is 1.12 bits per heavy atom. The second kappa shape index (κ2) is 7.25. The number of aromatic amines is 1. The number of benzene rings is 1. The second-order valence-electron chi connectivity index (χ2n) is 5.83. The second-order valence-corrected chi connectivity index (χ2v) is 5.83. The lowest BCUT2D eigenvalue weighted by atomic mass is 10.0. The molecule has 0 spiro atoms. The zero-order valence-corrected chi connectivity index (χ0v) is 14.5. The van der Waals surface area contributed by atoms with Crippen LogP contribution in [0.5, 0.6) is 0 Å². The van der Waals surface area contributed by atoms with E-state index in [9.17, 15) is 19.2 Å². The maximum atomic E-state index is 12.6. The van der Waals surface area contributed by atoms with Gasteiger partial charge in [-0.1, -0.05) is 12.1 Å². The van der Waals surface area contributed by atoms with Crippen LogP contribution in [0.25, 0.3) is 0 Å². The van der Waals surface area contributed by atoms with E-state index in [1.165, 1.54) is 38.1 Å². The normalized spacial score (nSPS) is 11.7. The molecular weight excluding hydrogens is 322 g/mol. The van der Waals surface area contributed by atoms with E-state index in [1.807, 2.05) is 0 Å². The lowest BCUT2D eigenvalue weighted by Crippen LogP contribution is -2.25. The molecule has 25 heavy (non-hydrogen) atoms. The van der Waals surface area contributed by atoms with Crippen LogP contribution in [0.15, 0.2) is 24.3 Å². The Labute approximate surface area is 145 Å². The van der Waals surface area contributed by atoms with E-state index in [4.69, 9.17) is 4.74 Å². The Morgan fingerprint density at radius 2 is 1.72 bits per heavy atom. The first-order valence-corrected chi connectivity index (χ1v) is 7.76. The van der Waals surface area contributed by atoms with Gasteiger partial charge in [-0.25, -0.2) is 4.79 Å². The summed E-state index contributed by atoms with van der Waals surface area (Å²) in [6.45, 7) is 6.30. The molecule has 1 aromatic heterocycles. The summed E-state index contributed by atoms with van der Waals surface area (Å²) in [5.74, 6) is -1.21. The first kappa shape index (κ1) is 18.3. The number of ether oxygens (including phenoxy) is 1. The lowest BCUT2D eigenvalue weighted by molar-refractivity contribution is 0.0317. The highest BCUT2D eigenvalue weighted by Crippen LogP contribution is 2.20. The van der Waals surface area contributed by atoms with Gasteiger partial charge in [0.05, 0.1) is 11.3 Å². The van der Waals surface area contributed by atoms with E-state index in [0.717, 1.165) is 0 Å². The number of hydrogen-bond acceptors (Lipinski definition) is 5. The average Bonchev–Trinajstić information content (AvgIpc) is 2.88. The van der Waals surface area contributed by atoms with Gasteiger partial charge in [0.15, 0.2) is 11.9 Å². The molecule has 6 heteroatoms. The zero-order valence-electron chi connectivity index (χ0n) is 14.5. The highest BCUT2D eigenvalue weighted by atomic mass is 16.5. The van der Waals surface area contributed by atoms with Crippen molar-refractivity contribution in [3.63, 3.8) is 0 Å². The molecular formula is C19H19NO5. The molecule has 0 radical (unpaired) electrons. The Kier molecular flexibility index (Phi) is 5.32. The molecule has 0 saturated heterocycles. The molecule has 1 atom stereocenters. The first-order valence-electron chi connectivity index (χ1n) is 7.76. The van der Waals surface area contributed by atoms with Crippen LogP contribution in [-0.4, -0.2) is 34.9 Å². The number of Topliss-reactive ketones (excluding diaryl/α,β-unsaturated/α-hetero) is 2. The molecule has 0 aliphatic rings. The Hall–Kier alpha value is -3.02. The van der Waals surface area contributed by atoms with Gasteiger partial charge in [-0.2, -0.15) is 0 Å². The fourth-order valence-electron chi connectivity index (χ4n) is 2.71. The van der Waals surface area contributed by atoms with Crippen molar-refractivity contribution in [2.75, 3.05) is 0 Å². The number of aldehydes is 1. The smallest absolute Gasteiger partial charge is 0.338 e. The fourth-order valence-corrected chi connectivity index (χ4v) is 2.71. The Balaban J connectivity index is 2.17. The van der Waals surface area contributed by atoms with Crippen molar-refractivity contribution in [1.29, 1.82) is 0 Å². The van der Waals surface area contributed by atoms with E-state index >= 15 is 0 Å². The van der Waals surface area contributed by atoms with Crippen molar-refractivity contribution in [3.8, 4) is 0 Å². The number of hydrogen-bond donors (Lipinski definition) is 1. The molecule has 0 fully saturated rings. The maximum Gasteiger partial charge on any atom is 0.338 e. The standard InChI is InChI=1S/C19H19NO5/c1-10-16(12(3)22)11(2)20-17(10)18(23)13(4)25-19(24)15-7-5-14(9-21)6-8-15/h5-9,13,20H,1-4H3/t13-/m0/s1. The van der Waals surface area contributed by atoms with Crippen LogP contribution in [0.4, 0.5) is 0 Å². The minimum Gasteiger partial charge on any atom is -0.451 e. The molecule has 130 valence electrons. The number of H-pyrrole nitrogens is 1. The van der Waals surface area contributed by atoms with E-state index < -0.39 is 17.9 Å². The van der Waals surface area contributed by atoms with E-state index in [1.54, 1.807) is 13.8 Å². The fraction of sp³-hybridized carbons (Fsp3) is 0.263. The van der Waals surface area contributed by atoms with Crippen molar-refractivity contribution in [2.24, 2.45) is 0 Å². The van der Waals surface area contributed by atoms with Crippen molar-refractivity contribution >= 4 is 23.8 Å². The van der Waals surface area contributed by atoms with Crippen molar-refractivity contribution < 1.29 is 23.9 Å². The molecule has 1 heterocycles. The minimum atomic E-state index is -1.02. The Morgan fingerprint density at radius 3 is 2.20 bits per heavy atom. The number of esters is 1. The highest BCUT2D eigenvalue weighted by Gasteiger charge is 2.26. The van der Waals surface area contributed by atoms with Gasteiger partial charge in [-0.3, -0.25) is 14.4 Å².